The van der Waals surface area contributed by atoms with Gasteiger partial charge in [-0.25, -0.2) is 0 Å². The molecule has 0 unspecified atom stereocenters. The minimum Gasteiger partial charge on any atom is -0.507 e. The first-order valence-corrected chi connectivity index (χ1v) is 4.60. The highest BCUT2D eigenvalue weighted by molar-refractivity contribution is 5.97. The molecular formula is C11H13N3O2. The van der Waals surface area contributed by atoms with E-state index in [2.05, 4.69) is 16.8 Å². The Labute approximate surface area is 93.4 Å². The van der Waals surface area contributed by atoms with Crippen LogP contribution in [0.25, 0.3) is 0 Å². The van der Waals surface area contributed by atoms with E-state index in [1.54, 1.807) is 31.2 Å². The van der Waals surface area contributed by atoms with Crippen LogP contribution in [0.5, 0.6) is 5.75 Å². The zero-order valence-electron chi connectivity index (χ0n) is 8.88. The smallest absolute Gasteiger partial charge is 0.124 e. The number of para-hydroxylation sites is 1. The second-order valence-electron chi connectivity index (χ2n) is 3.08. The van der Waals surface area contributed by atoms with Crippen LogP contribution in [0.3, 0.4) is 0 Å². The van der Waals surface area contributed by atoms with Crippen LogP contribution in [0.1, 0.15) is 12.5 Å². The summed E-state index contributed by atoms with van der Waals surface area (Å²) in [7, 11) is 0. The number of hydrogen-bond donors (Lipinski definition) is 3. The van der Waals surface area contributed by atoms with Gasteiger partial charge in [-0.1, -0.05) is 18.7 Å². The molecule has 1 aromatic rings. The van der Waals surface area contributed by atoms with Gasteiger partial charge in [0.2, 0.25) is 0 Å². The van der Waals surface area contributed by atoms with Gasteiger partial charge in [0, 0.05) is 5.56 Å². The number of phenolic OH excluding ortho intramolecular Hbond substituents is 1. The first-order valence-electron chi connectivity index (χ1n) is 4.60. The number of benzene rings is 1. The first kappa shape index (κ1) is 11.9. The van der Waals surface area contributed by atoms with Gasteiger partial charge in [-0.05, 0) is 19.1 Å². The first-order chi connectivity index (χ1) is 7.65. The summed E-state index contributed by atoms with van der Waals surface area (Å²) < 4.78 is 0. The molecule has 84 valence electrons. The van der Waals surface area contributed by atoms with E-state index >= 15 is 0 Å². The van der Waals surface area contributed by atoms with Gasteiger partial charge in [-0.15, -0.1) is 0 Å². The molecule has 0 bridgehead atoms. The van der Waals surface area contributed by atoms with Gasteiger partial charge in [0.25, 0.3) is 0 Å². The number of hydrogen-bond acceptors (Lipinski definition) is 5. The average Bonchev–Trinajstić information content (AvgIpc) is 2.30. The highest BCUT2D eigenvalue weighted by Gasteiger charge is 1.96. The lowest BCUT2D eigenvalue weighted by molar-refractivity contribution is 0.208. The summed E-state index contributed by atoms with van der Waals surface area (Å²) in [5.41, 5.74) is 3.17. The quantitative estimate of drug-likeness (QED) is 0.532. The predicted molar refractivity (Wildman–Crippen MR) is 62.9 cm³/mol. The van der Waals surface area contributed by atoms with Crippen molar-refractivity contribution in [2.24, 2.45) is 10.2 Å². The summed E-state index contributed by atoms with van der Waals surface area (Å²) in [5, 5.41) is 25.5. The molecule has 0 saturated heterocycles. The molecule has 1 aromatic carbocycles. The Morgan fingerprint density at radius 3 is 2.75 bits per heavy atom. The Hall–Kier alpha value is -2.14. The van der Waals surface area contributed by atoms with E-state index in [4.69, 9.17) is 5.21 Å². The fraction of sp³-hybridized carbons (Fsp3) is 0.0909. The Kier molecular flexibility index (Phi) is 4.23. The van der Waals surface area contributed by atoms with Gasteiger partial charge in [-0.3, -0.25) is 10.7 Å². The standard InChI is InChI=1S/C11H13N3O2/c1-8(9(2)14-16)13-12-7-10-5-3-4-6-11(10)15/h3-7,14-16H,2H2,1H3. The lowest BCUT2D eigenvalue weighted by Crippen LogP contribution is -2.12. The second-order valence-corrected chi connectivity index (χ2v) is 3.08. The largest absolute Gasteiger partial charge is 0.507 e. The van der Waals surface area contributed by atoms with Crippen LogP contribution < -0.4 is 5.48 Å². The zero-order chi connectivity index (χ0) is 12.0. The maximum Gasteiger partial charge on any atom is 0.124 e. The minimum atomic E-state index is 0.137. The van der Waals surface area contributed by atoms with Gasteiger partial charge in [0.15, 0.2) is 0 Å². The normalized spacial score (nSPS) is 11.8. The van der Waals surface area contributed by atoms with Gasteiger partial charge in [0.1, 0.15) is 5.75 Å². The van der Waals surface area contributed by atoms with Crippen LogP contribution in [0.15, 0.2) is 46.7 Å². The number of nitrogens with zero attached hydrogens (tertiary/aromatic N) is 2. The third-order valence-electron chi connectivity index (χ3n) is 1.91. The van der Waals surface area contributed by atoms with Crippen molar-refractivity contribution >= 4 is 11.9 Å². The molecule has 0 saturated carbocycles. The Morgan fingerprint density at radius 2 is 2.12 bits per heavy atom. The van der Waals surface area contributed by atoms with E-state index in [1.165, 1.54) is 6.21 Å². The molecule has 5 nitrogen and oxygen atoms in total. The molecule has 0 aliphatic carbocycles. The van der Waals surface area contributed by atoms with Crippen LogP contribution in [0.2, 0.25) is 0 Å². The maximum atomic E-state index is 9.42. The molecule has 0 aromatic heterocycles. The summed E-state index contributed by atoms with van der Waals surface area (Å²) in [5.74, 6) is 0.137. The van der Waals surface area contributed by atoms with Crippen molar-refractivity contribution in [1.29, 1.82) is 0 Å². The lowest BCUT2D eigenvalue weighted by atomic mass is 10.2. The summed E-state index contributed by atoms with van der Waals surface area (Å²) in [4.78, 5) is 0. The highest BCUT2D eigenvalue weighted by atomic mass is 16.5. The number of allylic oxidation sites excluding steroid dienone is 1. The van der Waals surface area contributed by atoms with E-state index in [-0.39, 0.29) is 11.4 Å². The number of aromatic hydroxyl groups is 1. The molecule has 0 aliphatic heterocycles. The van der Waals surface area contributed by atoms with Crippen molar-refractivity contribution in [3.05, 3.63) is 42.1 Å². The molecule has 0 amide bonds. The van der Waals surface area contributed by atoms with E-state index in [9.17, 15) is 5.11 Å². The SMILES string of the molecule is C=C(NO)C(C)=NN=Cc1ccccc1O. The second kappa shape index (κ2) is 5.67. The minimum absolute atomic E-state index is 0.137. The molecule has 0 fully saturated rings. The summed E-state index contributed by atoms with van der Waals surface area (Å²) >= 11 is 0. The summed E-state index contributed by atoms with van der Waals surface area (Å²) in [6.45, 7) is 5.15. The van der Waals surface area contributed by atoms with Gasteiger partial charge < -0.3 is 5.11 Å². The van der Waals surface area contributed by atoms with Crippen molar-refractivity contribution in [3.63, 3.8) is 0 Å². The monoisotopic (exact) mass is 219 g/mol. The Bertz CT molecular complexity index is 439. The molecule has 5 heteroatoms. The fourth-order valence-electron chi connectivity index (χ4n) is 0.916. The molecule has 0 radical (unpaired) electrons. The average molecular weight is 219 g/mol. The number of phenols is 1. The van der Waals surface area contributed by atoms with Crippen molar-refractivity contribution in [2.75, 3.05) is 0 Å². The molecule has 0 aliphatic rings. The number of hydroxylamine groups is 1. The van der Waals surface area contributed by atoms with Crippen molar-refractivity contribution < 1.29 is 10.3 Å². The van der Waals surface area contributed by atoms with Gasteiger partial charge in [0.05, 0.1) is 17.6 Å². The zero-order valence-corrected chi connectivity index (χ0v) is 8.88. The van der Waals surface area contributed by atoms with Crippen LogP contribution in [-0.4, -0.2) is 22.2 Å². The van der Waals surface area contributed by atoms with E-state index in [0.29, 0.717) is 11.3 Å². The molecular weight excluding hydrogens is 206 g/mol. The number of nitrogens with one attached hydrogen (secondary N) is 1. The molecule has 16 heavy (non-hydrogen) atoms. The van der Waals surface area contributed by atoms with Crippen molar-refractivity contribution in [2.45, 2.75) is 6.92 Å². The fourth-order valence-corrected chi connectivity index (χ4v) is 0.916. The highest BCUT2D eigenvalue weighted by Crippen LogP contribution is 2.12. The van der Waals surface area contributed by atoms with Gasteiger partial charge >= 0.3 is 0 Å². The third kappa shape index (κ3) is 3.21. The topological polar surface area (TPSA) is 77.2 Å². The van der Waals surface area contributed by atoms with Crippen LogP contribution >= 0.6 is 0 Å². The third-order valence-corrected chi connectivity index (χ3v) is 1.91. The molecule has 0 heterocycles. The van der Waals surface area contributed by atoms with E-state index < -0.39 is 0 Å². The van der Waals surface area contributed by atoms with Crippen molar-refractivity contribution in [1.82, 2.24) is 5.48 Å². The van der Waals surface area contributed by atoms with Crippen molar-refractivity contribution in [3.8, 4) is 5.75 Å². The summed E-state index contributed by atoms with van der Waals surface area (Å²) in [6, 6.07) is 6.78. The van der Waals surface area contributed by atoms with Crippen LogP contribution in [-0.2, 0) is 0 Å². The van der Waals surface area contributed by atoms with E-state index in [1.807, 2.05) is 5.48 Å². The molecule has 0 atom stereocenters. The maximum absolute atomic E-state index is 9.42. The Balaban J connectivity index is 2.76. The predicted octanol–water partition coefficient (Wildman–Crippen LogP) is 1.68. The van der Waals surface area contributed by atoms with E-state index in [0.717, 1.165) is 0 Å². The van der Waals surface area contributed by atoms with Crippen LogP contribution in [0, 0.1) is 0 Å². The molecule has 0 spiro atoms. The van der Waals surface area contributed by atoms with Gasteiger partial charge in [-0.2, -0.15) is 10.2 Å². The molecule has 3 N–H and O–H groups in total. The summed E-state index contributed by atoms with van der Waals surface area (Å²) in [6.07, 6.45) is 1.42. The molecule has 1 rings (SSSR count). The lowest BCUT2D eigenvalue weighted by Gasteiger charge is -1.99. The number of rotatable bonds is 4. The Morgan fingerprint density at radius 1 is 1.44 bits per heavy atom. The van der Waals surface area contributed by atoms with Crippen LogP contribution in [0.4, 0.5) is 0 Å².